The maximum absolute atomic E-state index is 12.8. The summed E-state index contributed by atoms with van der Waals surface area (Å²) in [5.41, 5.74) is 1.88. The lowest BCUT2D eigenvalue weighted by atomic mass is 10.2. The summed E-state index contributed by atoms with van der Waals surface area (Å²) in [5, 5.41) is 5.29. The number of hydrogen-bond donors (Lipinski definition) is 2. The molecule has 0 fully saturated rings. The highest BCUT2D eigenvalue weighted by Crippen LogP contribution is 2.15. The number of carbonyl (C=O) groups excluding carboxylic acids is 1. The predicted molar refractivity (Wildman–Crippen MR) is 91.1 cm³/mol. The largest absolute Gasteiger partial charge is 0.481 e. The standard InChI is InChI=1S/C19H19FN2O2/c1-15-6-2-3-7-18(15)24-13-5-4-12-21-19(23)22-14-16-8-10-17(20)11-9-16/h2-3,6-11H,12-14H2,1H3,(H2,21,22,23). The summed E-state index contributed by atoms with van der Waals surface area (Å²) in [6.45, 7) is 2.79. The van der Waals surface area contributed by atoms with Crippen LogP contribution in [-0.4, -0.2) is 19.2 Å². The Morgan fingerprint density at radius 3 is 2.58 bits per heavy atom. The lowest BCUT2D eigenvalue weighted by molar-refractivity contribution is 0.241. The van der Waals surface area contributed by atoms with Gasteiger partial charge in [0, 0.05) is 6.54 Å². The number of carbonyl (C=O) groups is 1. The van der Waals surface area contributed by atoms with Gasteiger partial charge in [0.05, 0.1) is 6.54 Å². The fraction of sp³-hybridized carbons (Fsp3) is 0.211. The average molecular weight is 326 g/mol. The van der Waals surface area contributed by atoms with E-state index in [-0.39, 0.29) is 25.0 Å². The van der Waals surface area contributed by atoms with Crippen LogP contribution in [0.4, 0.5) is 9.18 Å². The minimum absolute atomic E-state index is 0.229. The first-order chi connectivity index (χ1) is 11.6. The van der Waals surface area contributed by atoms with Crippen molar-refractivity contribution in [3.8, 4) is 17.6 Å². The van der Waals surface area contributed by atoms with Crippen molar-refractivity contribution in [2.24, 2.45) is 0 Å². The number of urea groups is 1. The number of hydrogen-bond acceptors (Lipinski definition) is 2. The van der Waals surface area contributed by atoms with Crippen molar-refractivity contribution in [3.63, 3.8) is 0 Å². The SMILES string of the molecule is Cc1ccccc1OCC#CCNC(=O)NCc1ccc(F)cc1. The van der Waals surface area contributed by atoms with Gasteiger partial charge in [-0.3, -0.25) is 0 Å². The number of nitrogens with one attached hydrogen (secondary N) is 2. The monoisotopic (exact) mass is 326 g/mol. The molecule has 0 unspecified atom stereocenters. The Kier molecular flexibility index (Phi) is 6.66. The van der Waals surface area contributed by atoms with Gasteiger partial charge >= 0.3 is 6.03 Å². The third kappa shape index (κ3) is 6.01. The molecule has 0 aromatic heterocycles. The molecule has 0 spiro atoms. The van der Waals surface area contributed by atoms with E-state index in [9.17, 15) is 9.18 Å². The summed E-state index contributed by atoms with van der Waals surface area (Å²) in [6, 6.07) is 13.3. The Morgan fingerprint density at radius 1 is 1.08 bits per heavy atom. The topological polar surface area (TPSA) is 50.4 Å². The van der Waals surface area contributed by atoms with Gasteiger partial charge in [-0.15, -0.1) is 0 Å². The first kappa shape index (κ1) is 17.4. The minimum atomic E-state index is -0.326. The van der Waals surface area contributed by atoms with Crippen LogP contribution < -0.4 is 15.4 Å². The van der Waals surface area contributed by atoms with Gasteiger partial charge in [-0.2, -0.15) is 0 Å². The van der Waals surface area contributed by atoms with Crippen molar-refractivity contribution in [3.05, 3.63) is 65.5 Å². The maximum atomic E-state index is 12.8. The molecule has 0 saturated heterocycles. The Morgan fingerprint density at radius 2 is 1.83 bits per heavy atom. The van der Waals surface area contributed by atoms with Gasteiger partial charge in [-0.25, -0.2) is 9.18 Å². The number of amides is 2. The van der Waals surface area contributed by atoms with Crippen LogP contribution in [0.15, 0.2) is 48.5 Å². The fourth-order valence-corrected chi connectivity index (χ4v) is 1.92. The molecule has 2 aromatic rings. The molecule has 0 aliphatic rings. The lowest BCUT2D eigenvalue weighted by Gasteiger charge is -2.05. The van der Waals surface area contributed by atoms with Gasteiger partial charge in [0.1, 0.15) is 18.2 Å². The summed E-state index contributed by atoms with van der Waals surface area (Å²) >= 11 is 0. The number of halogens is 1. The van der Waals surface area contributed by atoms with Crippen molar-refractivity contribution >= 4 is 6.03 Å². The van der Waals surface area contributed by atoms with Gasteiger partial charge < -0.3 is 15.4 Å². The third-order valence-corrected chi connectivity index (χ3v) is 3.22. The zero-order valence-electron chi connectivity index (χ0n) is 13.4. The van der Waals surface area contributed by atoms with E-state index in [0.29, 0.717) is 6.54 Å². The van der Waals surface area contributed by atoms with E-state index in [1.165, 1.54) is 12.1 Å². The average Bonchev–Trinajstić information content (AvgIpc) is 2.59. The van der Waals surface area contributed by atoms with Gasteiger partial charge in [0.15, 0.2) is 0 Å². The van der Waals surface area contributed by atoms with Crippen LogP contribution in [0.5, 0.6) is 5.75 Å². The van der Waals surface area contributed by atoms with Crippen molar-refractivity contribution in [2.75, 3.05) is 13.2 Å². The molecule has 0 bridgehead atoms. The second-order valence-corrected chi connectivity index (χ2v) is 5.07. The first-order valence-corrected chi connectivity index (χ1v) is 7.55. The lowest BCUT2D eigenvalue weighted by Crippen LogP contribution is -2.35. The van der Waals surface area contributed by atoms with E-state index in [1.807, 2.05) is 31.2 Å². The zero-order valence-corrected chi connectivity index (χ0v) is 13.4. The highest BCUT2D eigenvalue weighted by Gasteiger charge is 1.99. The molecule has 0 saturated carbocycles. The Bertz CT molecular complexity index is 733. The molecule has 2 rings (SSSR count). The van der Waals surface area contributed by atoms with Gasteiger partial charge in [-0.1, -0.05) is 42.2 Å². The molecular weight excluding hydrogens is 307 g/mol. The molecule has 2 aromatic carbocycles. The smallest absolute Gasteiger partial charge is 0.315 e. The number of aryl methyl sites for hydroxylation is 1. The highest BCUT2D eigenvalue weighted by atomic mass is 19.1. The molecule has 2 amide bonds. The van der Waals surface area contributed by atoms with E-state index in [2.05, 4.69) is 22.5 Å². The molecule has 0 radical (unpaired) electrons. The molecule has 2 N–H and O–H groups in total. The van der Waals surface area contributed by atoms with Crippen LogP contribution >= 0.6 is 0 Å². The van der Waals surface area contributed by atoms with Crippen LogP contribution in [0.25, 0.3) is 0 Å². The molecule has 0 atom stereocenters. The predicted octanol–water partition coefficient (Wildman–Crippen LogP) is 3.02. The summed E-state index contributed by atoms with van der Waals surface area (Å²) in [6.07, 6.45) is 0. The third-order valence-electron chi connectivity index (χ3n) is 3.22. The van der Waals surface area contributed by atoms with Crippen molar-refractivity contribution in [2.45, 2.75) is 13.5 Å². The van der Waals surface area contributed by atoms with Crippen LogP contribution in [0.2, 0.25) is 0 Å². The van der Waals surface area contributed by atoms with E-state index in [1.54, 1.807) is 12.1 Å². The molecule has 0 aliphatic carbocycles. The van der Waals surface area contributed by atoms with Crippen LogP contribution in [0, 0.1) is 24.6 Å². The molecule has 0 aliphatic heterocycles. The van der Waals surface area contributed by atoms with Gasteiger partial charge in [0.2, 0.25) is 0 Å². The zero-order chi connectivity index (χ0) is 17.2. The normalized spacial score (nSPS) is 9.58. The number of para-hydroxylation sites is 1. The minimum Gasteiger partial charge on any atom is -0.481 e. The summed E-state index contributed by atoms with van der Waals surface area (Å²) in [7, 11) is 0. The summed E-state index contributed by atoms with van der Waals surface area (Å²) < 4.78 is 18.3. The quantitative estimate of drug-likeness (QED) is 0.830. The van der Waals surface area contributed by atoms with E-state index in [0.717, 1.165) is 16.9 Å². The number of rotatable bonds is 5. The van der Waals surface area contributed by atoms with Gasteiger partial charge in [0.25, 0.3) is 0 Å². The molecule has 4 nitrogen and oxygen atoms in total. The maximum Gasteiger partial charge on any atom is 0.315 e. The molecule has 24 heavy (non-hydrogen) atoms. The van der Waals surface area contributed by atoms with Crippen molar-refractivity contribution < 1.29 is 13.9 Å². The Balaban J connectivity index is 1.62. The Labute approximate surface area is 141 Å². The van der Waals surface area contributed by atoms with Crippen LogP contribution in [0.1, 0.15) is 11.1 Å². The molecule has 5 heteroatoms. The number of ether oxygens (including phenoxy) is 1. The number of benzene rings is 2. The Hall–Kier alpha value is -3.00. The summed E-state index contributed by atoms with van der Waals surface area (Å²) in [4.78, 5) is 11.6. The highest BCUT2D eigenvalue weighted by molar-refractivity contribution is 5.74. The second-order valence-electron chi connectivity index (χ2n) is 5.07. The first-order valence-electron chi connectivity index (χ1n) is 7.55. The molecule has 0 heterocycles. The van der Waals surface area contributed by atoms with E-state index < -0.39 is 0 Å². The van der Waals surface area contributed by atoms with Crippen molar-refractivity contribution in [1.29, 1.82) is 0 Å². The molecule has 124 valence electrons. The van der Waals surface area contributed by atoms with Crippen LogP contribution in [0.3, 0.4) is 0 Å². The second kappa shape index (κ2) is 9.21. The van der Waals surface area contributed by atoms with Gasteiger partial charge in [-0.05, 0) is 36.2 Å². The van der Waals surface area contributed by atoms with Crippen molar-refractivity contribution in [1.82, 2.24) is 10.6 Å². The van der Waals surface area contributed by atoms with Crippen LogP contribution in [-0.2, 0) is 6.54 Å². The summed E-state index contributed by atoms with van der Waals surface area (Å²) in [5.74, 6) is 6.16. The molecular formula is C19H19FN2O2. The van der Waals surface area contributed by atoms with E-state index >= 15 is 0 Å². The fourth-order valence-electron chi connectivity index (χ4n) is 1.92. The van der Waals surface area contributed by atoms with E-state index in [4.69, 9.17) is 4.74 Å².